The Morgan fingerprint density at radius 2 is 1.33 bits per heavy atom. The Hall–Kier alpha value is 0.466. The molecule has 0 spiro atoms. The van der Waals surface area contributed by atoms with E-state index in [0.717, 1.165) is 0 Å². The Kier molecular flexibility index (Phi) is 4.11. The summed E-state index contributed by atoms with van der Waals surface area (Å²) in [5.74, 6) is 0. The molecule has 0 aromatic carbocycles. The van der Waals surface area contributed by atoms with Crippen LogP contribution >= 0.6 is 0 Å². The molecule has 0 radical (unpaired) electrons. The number of hydrogen-bond acceptors (Lipinski definition) is 3. The van der Waals surface area contributed by atoms with Crippen LogP contribution in [0.15, 0.2) is 0 Å². The van der Waals surface area contributed by atoms with Crippen molar-refractivity contribution in [2.24, 2.45) is 0 Å². The maximum Gasteiger partial charge on any atom is 2.00 e. The molecule has 0 N–H and O–H groups in total. The van der Waals surface area contributed by atoms with E-state index in [2.05, 4.69) is 0 Å². The molecule has 0 atom stereocenters. The molecule has 0 aliphatic heterocycles. The van der Waals surface area contributed by atoms with E-state index in [-0.39, 0.29) is 23.1 Å². The van der Waals surface area contributed by atoms with Crippen LogP contribution in [0.1, 0.15) is 0 Å². The first-order valence-corrected chi connectivity index (χ1v) is 2.68. The van der Waals surface area contributed by atoms with Crippen molar-refractivity contribution in [1.82, 2.24) is 0 Å². The molecule has 0 saturated carbocycles. The molecule has 0 amide bonds. The van der Waals surface area contributed by atoms with Crippen LogP contribution in [0.3, 0.4) is 0 Å². The molecule has 0 heterocycles. The van der Waals surface area contributed by atoms with E-state index in [1.807, 2.05) is 0 Å². The van der Waals surface area contributed by atoms with Crippen molar-refractivity contribution in [1.29, 1.82) is 0 Å². The average molecular weight is 173 g/mol. The number of rotatable bonds is 0. The van der Waals surface area contributed by atoms with Crippen molar-refractivity contribution >= 4 is 33.2 Å². The van der Waals surface area contributed by atoms with Crippen molar-refractivity contribution in [2.45, 2.75) is 5.51 Å². The quantitative estimate of drug-likeness (QED) is 0.286. The van der Waals surface area contributed by atoms with E-state index in [1.54, 1.807) is 0 Å². The summed E-state index contributed by atoms with van der Waals surface area (Å²) < 4.78 is 58.9. The zero-order chi connectivity index (χ0) is 7.00. The molecule has 3 nitrogen and oxygen atoms in total. The second-order valence-electron chi connectivity index (χ2n) is 0.900. The minimum atomic E-state index is -6.09. The molecule has 0 rings (SSSR count). The van der Waals surface area contributed by atoms with Gasteiger partial charge in [-0.25, -0.2) is 8.42 Å². The van der Waals surface area contributed by atoms with Crippen LogP contribution in [0.5, 0.6) is 0 Å². The van der Waals surface area contributed by atoms with Crippen LogP contribution in [-0.4, -0.2) is 41.5 Å². The summed E-state index contributed by atoms with van der Waals surface area (Å²) in [6.45, 7) is 0. The maximum atomic E-state index is 10.7. The average Bonchev–Trinajstić information content (AvgIpc) is 1.25. The van der Waals surface area contributed by atoms with Crippen LogP contribution in [-0.2, 0) is 10.1 Å². The Morgan fingerprint density at radius 3 is 1.33 bits per heavy atom. The second-order valence-corrected chi connectivity index (χ2v) is 2.27. The predicted octanol–water partition coefficient (Wildman–Crippen LogP) is -0.329. The smallest absolute Gasteiger partial charge is 0.741 e. The molecule has 0 aliphatic rings. The number of hydrogen-bond donors (Lipinski definition) is 0. The van der Waals surface area contributed by atoms with Crippen LogP contribution < -0.4 is 0 Å². The van der Waals surface area contributed by atoms with Crippen molar-refractivity contribution in [3.05, 3.63) is 0 Å². The molecular weight excluding hydrogens is 173 g/mol. The number of alkyl halides is 3. The summed E-state index contributed by atoms with van der Waals surface area (Å²) in [7, 11) is -6.09. The minimum Gasteiger partial charge on any atom is -0.741 e. The van der Waals surface area contributed by atoms with E-state index >= 15 is 0 Å². The maximum absolute atomic E-state index is 10.7. The Morgan fingerprint density at radius 1 is 1.22 bits per heavy atom. The predicted molar refractivity (Wildman–Crippen MR) is 21.5 cm³/mol. The van der Waals surface area contributed by atoms with Crippen molar-refractivity contribution in [3.63, 3.8) is 0 Å². The van der Waals surface area contributed by atoms with Gasteiger partial charge in [-0.2, -0.15) is 13.2 Å². The Balaban J connectivity index is 0. The van der Waals surface area contributed by atoms with Crippen molar-refractivity contribution in [2.75, 3.05) is 0 Å². The number of halogens is 3. The van der Waals surface area contributed by atoms with Crippen LogP contribution in [0.25, 0.3) is 0 Å². The van der Waals surface area contributed by atoms with Crippen LogP contribution in [0.4, 0.5) is 13.2 Å². The summed E-state index contributed by atoms with van der Waals surface area (Å²) in [5.41, 5.74) is -5.65. The topological polar surface area (TPSA) is 57.2 Å². The fraction of sp³-hybridized carbons (Fsp3) is 1.00. The van der Waals surface area contributed by atoms with Crippen molar-refractivity contribution < 1.29 is 26.1 Å². The summed E-state index contributed by atoms with van der Waals surface area (Å²) in [6.07, 6.45) is 0. The third kappa shape index (κ3) is 3.95. The second kappa shape index (κ2) is 3.04. The van der Waals surface area contributed by atoms with Gasteiger partial charge in [-0.3, -0.25) is 0 Å². The van der Waals surface area contributed by atoms with Gasteiger partial charge in [0.15, 0.2) is 10.1 Å². The molecule has 8 heteroatoms. The summed E-state index contributed by atoms with van der Waals surface area (Å²) in [6, 6.07) is 0. The molecule has 0 saturated heterocycles. The van der Waals surface area contributed by atoms with E-state index < -0.39 is 15.6 Å². The fourth-order valence-electron chi connectivity index (χ4n) is 0. The first kappa shape index (κ1) is 12.2. The third-order valence-corrected chi connectivity index (χ3v) is 0.850. The first-order valence-electron chi connectivity index (χ1n) is 1.27. The third-order valence-electron chi connectivity index (χ3n) is 0.283. The summed E-state index contributed by atoms with van der Waals surface area (Å²) >= 11 is 0. The molecular formula is CF3MgO3S+. The molecule has 0 bridgehead atoms. The van der Waals surface area contributed by atoms with Gasteiger partial charge in [0.25, 0.3) is 0 Å². The first-order chi connectivity index (χ1) is 3.25. The van der Waals surface area contributed by atoms with Crippen molar-refractivity contribution in [3.8, 4) is 0 Å². The molecule has 0 aromatic heterocycles. The van der Waals surface area contributed by atoms with Gasteiger partial charge in [0, 0.05) is 0 Å². The van der Waals surface area contributed by atoms with Crippen LogP contribution in [0, 0.1) is 0 Å². The molecule has 0 fully saturated rings. The molecule has 9 heavy (non-hydrogen) atoms. The van der Waals surface area contributed by atoms with E-state index in [1.165, 1.54) is 0 Å². The zero-order valence-corrected chi connectivity index (χ0v) is 6.20. The van der Waals surface area contributed by atoms with Gasteiger partial charge in [-0.15, -0.1) is 0 Å². The van der Waals surface area contributed by atoms with Gasteiger partial charge in [-0.1, -0.05) is 0 Å². The fourth-order valence-corrected chi connectivity index (χ4v) is 0. The summed E-state index contributed by atoms with van der Waals surface area (Å²) in [4.78, 5) is 0. The van der Waals surface area contributed by atoms with Gasteiger partial charge in [0.05, 0.1) is 0 Å². The van der Waals surface area contributed by atoms with Gasteiger partial charge in [-0.05, 0) is 0 Å². The molecule has 0 unspecified atom stereocenters. The monoisotopic (exact) mass is 173 g/mol. The van der Waals surface area contributed by atoms with Gasteiger partial charge < -0.3 is 4.55 Å². The largest absolute Gasteiger partial charge is 2.00 e. The summed E-state index contributed by atoms with van der Waals surface area (Å²) in [5, 5.41) is 0. The normalized spacial score (nSPS) is 12.4. The zero-order valence-electron chi connectivity index (χ0n) is 3.97. The van der Waals surface area contributed by atoms with E-state index in [9.17, 15) is 13.2 Å². The van der Waals surface area contributed by atoms with Gasteiger partial charge in [0.2, 0.25) is 0 Å². The SMILES string of the molecule is O=S(=O)([O-])C(F)(F)F.[Mg+2]. The molecule has 0 aromatic rings. The molecule has 0 aliphatic carbocycles. The Bertz CT molecular complexity index is 168. The standard InChI is InChI=1S/CHF3O3S.Mg/c2-1(3,4)8(5,6)7;/h(H,5,6,7);/q;+2/p-1. The Labute approximate surface area is 65.1 Å². The molecule has 50 valence electrons. The van der Waals surface area contributed by atoms with Gasteiger partial charge >= 0.3 is 28.6 Å². The van der Waals surface area contributed by atoms with E-state index in [0.29, 0.717) is 0 Å². The van der Waals surface area contributed by atoms with E-state index in [4.69, 9.17) is 13.0 Å². The van der Waals surface area contributed by atoms with Gasteiger partial charge in [0.1, 0.15) is 0 Å². The van der Waals surface area contributed by atoms with Crippen LogP contribution in [0.2, 0.25) is 0 Å². The minimum absolute atomic E-state index is 0.